The van der Waals surface area contributed by atoms with Crippen molar-refractivity contribution in [2.45, 2.75) is 174 Å². The summed E-state index contributed by atoms with van der Waals surface area (Å²) < 4.78 is 71.8. The van der Waals surface area contributed by atoms with Crippen molar-refractivity contribution < 1.29 is 76.0 Å². The Balaban J connectivity index is 1.21. The van der Waals surface area contributed by atoms with Crippen LogP contribution in [0.1, 0.15) is 106 Å². The standard InChI is InChI=1S/C50H78O16/c1-45(2)29-16-19-50(7)39(28(51)24-26-27-25-47(4,44(54)62-15)21-20-46(27,3)22-23-49(26,50)6)48(29,5)18-17-30(45)63-43-38(34(58-11)32(56-9)36(65-43)41(53)61-14)66-42-37(59-12)33(57-10)31(55-8)35(64-42)40(52)60-13/h24,27,29-39,42-43H,16-23,25H2,1-15H3/t27-,29-,30-,31-,32-,33-,34-,35-,36-,37+,38+,39+,42-,43+,46+,47-,48-,49+,50+/m0/s1. The van der Waals surface area contributed by atoms with Gasteiger partial charge in [0.05, 0.1) is 32.8 Å². The summed E-state index contributed by atoms with van der Waals surface area (Å²) in [6, 6.07) is 0. The fraction of sp³-hybridized carbons (Fsp3) is 0.880. The number of rotatable bonds is 12. The van der Waals surface area contributed by atoms with Crippen LogP contribution in [0, 0.1) is 50.2 Å². The van der Waals surface area contributed by atoms with Gasteiger partial charge in [0.15, 0.2) is 30.6 Å². The smallest absolute Gasteiger partial charge is 0.337 e. The Morgan fingerprint density at radius 3 is 1.65 bits per heavy atom. The molecule has 5 aliphatic carbocycles. The average molecular weight is 935 g/mol. The van der Waals surface area contributed by atoms with Gasteiger partial charge < -0.3 is 56.8 Å². The zero-order chi connectivity index (χ0) is 48.5. The van der Waals surface area contributed by atoms with Crippen molar-refractivity contribution >= 4 is 23.7 Å². The van der Waals surface area contributed by atoms with Crippen LogP contribution < -0.4 is 0 Å². The van der Waals surface area contributed by atoms with E-state index >= 15 is 4.79 Å². The van der Waals surface area contributed by atoms with Crippen molar-refractivity contribution in [3.63, 3.8) is 0 Å². The minimum Gasteiger partial charge on any atom is -0.469 e. The topological polar surface area (TPSA) is 179 Å². The van der Waals surface area contributed by atoms with Crippen LogP contribution in [0.5, 0.6) is 0 Å². The van der Waals surface area contributed by atoms with E-state index < -0.39 is 90.3 Å². The second-order valence-electron chi connectivity index (χ2n) is 22.2. The predicted octanol–water partition coefficient (Wildman–Crippen LogP) is 5.78. The van der Waals surface area contributed by atoms with Crippen molar-refractivity contribution in [1.29, 1.82) is 0 Å². The third-order valence-electron chi connectivity index (χ3n) is 19.0. The third-order valence-corrected chi connectivity index (χ3v) is 19.0. The molecular weight excluding hydrogens is 857 g/mol. The monoisotopic (exact) mass is 935 g/mol. The first-order valence-corrected chi connectivity index (χ1v) is 23.8. The molecule has 0 spiro atoms. The van der Waals surface area contributed by atoms with E-state index in [1.54, 1.807) is 0 Å². The second kappa shape index (κ2) is 18.7. The molecule has 0 aromatic rings. The number of fused-ring (bicyclic) bond motifs is 7. The predicted molar refractivity (Wildman–Crippen MR) is 237 cm³/mol. The van der Waals surface area contributed by atoms with Gasteiger partial charge in [-0.05, 0) is 110 Å². The van der Waals surface area contributed by atoms with Gasteiger partial charge in [-0.2, -0.15) is 0 Å². The molecule has 66 heavy (non-hydrogen) atoms. The van der Waals surface area contributed by atoms with Crippen LogP contribution >= 0.6 is 0 Å². The molecule has 0 radical (unpaired) electrons. The van der Waals surface area contributed by atoms with Gasteiger partial charge in [-0.15, -0.1) is 0 Å². The van der Waals surface area contributed by atoms with Crippen LogP contribution in [0.3, 0.4) is 0 Å². The van der Waals surface area contributed by atoms with Crippen LogP contribution in [0.15, 0.2) is 11.6 Å². The van der Waals surface area contributed by atoms with E-state index in [2.05, 4.69) is 41.5 Å². The van der Waals surface area contributed by atoms with E-state index in [0.717, 1.165) is 38.5 Å². The lowest BCUT2D eigenvalue weighted by Crippen LogP contribution is -2.68. The molecule has 4 saturated carbocycles. The summed E-state index contributed by atoms with van der Waals surface area (Å²) in [7, 11) is 11.3. The van der Waals surface area contributed by atoms with E-state index in [1.807, 2.05) is 13.0 Å². The molecule has 2 heterocycles. The number of allylic oxidation sites excluding steroid dienone is 2. The number of hydrogen-bond acceptors (Lipinski definition) is 16. The first-order chi connectivity index (χ1) is 31.1. The van der Waals surface area contributed by atoms with Crippen LogP contribution in [-0.4, -0.2) is 148 Å². The Morgan fingerprint density at radius 1 is 0.591 bits per heavy atom. The lowest BCUT2D eigenvalue weighted by molar-refractivity contribution is -0.377. The number of methoxy groups -OCH3 is 8. The van der Waals surface area contributed by atoms with Crippen LogP contribution in [-0.2, 0) is 76.0 Å². The zero-order valence-electron chi connectivity index (χ0n) is 42.1. The molecule has 0 amide bonds. The first kappa shape index (κ1) is 51.3. The molecule has 6 fully saturated rings. The van der Waals surface area contributed by atoms with E-state index in [1.165, 1.54) is 62.5 Å². The highest BCUT2D eigenvalue weighted by Gasteiger charge is 2.71. The number of ether oxygens (including phenoxy) is 12. The molecule has 0 bridgehead atoms. The normalized spacial score (nSPS) is 47.5. The highest BCUT2D eigenvalue weighted by Crippen LogP contribution is 2.75. The lowest BCUT2D eigenvalue weighted by atomic mass is 9.33. The van der Waals surface area contributed by atoms with Crippen LogP contribution in [0.4, 0.5) is 0 Å². The number of ketones is 1. The Hall–Kier alpha value is -2.54. The molecule has 0 unspecified atom stereocenters. The maximum absolute atomic E-state index is 15.2. The van der Waals surface area contributed by atoms with Crippen molar-refractivity contribution in [2.24, 2.45) is 50.2 Å². The van der Waals surface area contributed by atoms with Gasteiger partial charge in [-0.25, -0.2) is 9.59 Å². The van der Waals surface area contributed by atoms with Crippen molar-refractivity contribution in [3.8, 4) is 0 Å². The highest BCUT2D eigenvalue weighted by atomic mass is 16.8. The van der Waals surface area contributed by atoms with Crippen molar-refractivity contribution in [3.05, 3.63) is 11.6 Å². The minimum absolute atomic E-state index is 0.00997. The Morgan fingerprint density at radius 2 is 1.12 bits per heavy atom. The molecule has 0 aromatic carbocycles. The molecular formula is C50H78O16. The fourth-order valence-electron chi connectivity index (χ4n) is 15.0. The SMILES string of the molecule is COC(=O)[C@H]1O[C@@H](O[C@H]2[C@H](O[C@H]3CC[C@]4(C)[C@H]5C(=O)C=C6[C@@H]7C[C@@](C)(C(=O)OC)CC[C@]7(C)CC[C@@]6(C)[C@]5(C)CC[C@H]4C3(C)C)O[C@H](C(=O)OC)[C@@H](OC)[C@@H]2OC)[C@H](OC)[C@@H](OC)[C@@H]1OC. The summed E-state index contributed by atoms with van der Waals surface area (Å²) >= 11 is 0. The average Bonchev–Trinajstić information content (AvgIpc) is 3.29. The molecule has 2 aliphatic heterocycles. The van der Waals surface area contributed by atoms with Crippen molar-refractivity contribution in [1.82, 2.24) is 0 Å². The highest BCUT2D eigenvalue weighted by molar-refractivity contribution is 5.95. The zero-order valence-corrected chi connectivity index (χ0v) is 42.1. The summed E-state index contributed by atoms with van der Waals surface area (Å²) in [5.74, 6) is -1.41. The largest absolute Gasteiger partial charge is 0.469 e. The summed E-state index contributed by atoms with van der Waals surface area (Å²) in [6.07, 6.45) is -1.74. The van der Waals surface area contributed by atoms with E-state index in [-0.39, 0.29) is 51.2 Å². The van der Waals surface area contributed by atoms with Gasteiger partial charge in [0.1, 0.15) is 36.6 Å². The van der Waals surface area contributed by atoms with Gasteiger partial charge >= 0.3 is 17.9 Å². The third kappa shape index (κ3) is 7.82. The molecule has 7 aliphatic rings. The minimum atomic E-state index is -1.27. The molecule has 2 saturated heterocycles. The summed E-state index contributed by atoms with van der Waals surface area (Å²) in [6.45, 7) is 15.9. The van der Waals surface area contributed by atoms with Gasteiger partial charge in [0.25, 0.3) is 0 Å². The second-order valence-corrected chi connectivity index (χ2v) is 22.2. The quantitative estimate of drug-likeness (QED) is 0.131. The van der Waals surface area contributed by atoms with E-state index in [0.29, 0.717) is 19.3 Å². The Labute approximate surface area is 391 Å². The molecule has 16 heteroatoms. The maximum atomic E-state index is 15.2. The lowest BCUT2D eigenvalue weighted by Gasteiger charge is -2.70. The van der Waals surface area contributed by atoms with Crippen LogP contribution in [0.25, 0.3) is 0 Å². The number of carbonyl (C=O) groups is 4. The van der Waals surface area contributed by atoms with E-state index in [4.69, 9.17) is 56.8 Å². The summed E-state index contributed by atoms with van der Waals surface area (Å²) in [4.78, 5) is 54.9. The van der Waals surface area contributed by atoms with E-state index in [9.17, 15) is 14.4 Å². The van der Waals surface area contributed by atoms with Gasteiger partial charge in [0, 0.05) is 41.5 Å². The molecule has 19 atom stereocenters. The van der Waals surface area contributed by atoms with Crippen molar-refractivity contribution in [2.75, 3.05) is 56.9 Å². The molecule has 16 nitrogen and oxygen atoms in total. The number of esters is 3. The van der Waals surface area contributed by atoms with Gasteiger partial charge in [-0.1, -0.05) is 47.1 Å². The first-order valence-electron chi connectivity index (χ1n) is 23.8. The number of carbonyl (C=O) groups excluding carboxylic acids is 4. The van der Waals surface area contributed by atoms with Crippen LogP contribution in [0.2, 0.25) is 0 Å². The maximum Gasteiger partial charge on any atom is 0.337 e. The molecule has 0 N–H and O–H groups in total. The Bertz CT molecular complexity index is 1870. The summed E-state index contributed by atoms with van der Waals surface area (Å²) in [5, 5.41) is 0. The Kier molecular flexibility index (Phi) is 14.5. The number of hydrogen-bond donors (Lipinski definition) is 0. The molecule has 7 rings (SSSR count). The summed E-state index contributed by atoms with van der Waals surface area (Å²) in [5.41, 5.74) is -0.780. The van der Waals surface area contributed by atoms with Gasteiger partial charge in [-0.3, -0.25) is 9.59 Å². The van der Waals surface area contributed by atoms with Gasteiger partial charge in [0.2, 0.25) is 0 Å². The fourth-order valence-corrected chi connectivity index (χ4v) is 15.0. The molecule has 0 aromatic heterocycles. The molecule has 374 valence electrons.